The second-order valence-corrected chi connectivity index (χ2v) is 3.69. The number of aliphatic hydroxyl groups excluding tert-OH is 1. The minimum absolute atomic E-state index is 0.330. The maximum atomic E-state index is 9.13. The summed E-state index contributed by atoms with van der Waals surface area (Å²) in [7, 11) is 0. The number of likely N-dealkylation sites (tertiary alicyclic amines) is 1. The van der Waals surface area contributed by atoms with E-state index in [1.807, 2.05) is 0 Å². The lowest BCUT2D eigenvalue weighted by atomic mass is 10.2. The van der Waals surface area contributed by atoms with E-state index < -0.39 is 0 Å². The molecule has 1 saturated heterocycles. The Labute approximate surface area is 75.6 Å². The highest BCUT2D eigenvalue weighted by molar-refractivity contribution is 4.71. The summed E-state index contributed by atoms with van der Waals surface area (Å²) in [6, 6.07) is 0.420. The van der Waals surface area contributed by atoms with Gasteiger partial charge < -0.3 is 5.11 Å². The Kier molecular flexibility index (Phi) is 4.62. The van der Waals surface area contributed by atoms with Gasteiger partial charge in [0.05, 0.1) is 6.61 Å². The fraction of sp³-hybridized carbons (Fsp3) is 1.00. The van der Waals surface area contributed by atoms with Crippen LogP contribution in [0.5, 0.6) is 0 Å². The van der Waals surface area contributed by atoms with E-state index in [1.54, 1.807) is 0 Å². The lowest BCUT2D eigenvalue weighted by Gasteiger charge is -2.27. The van der Waals surface area contributed by atoms with Crippen molar-refractivity contribution in [3.05, 3.63) is 0 Å². The van der Waals surface area contributed by atoms with Gasteiger partial charge in [-0.2, -0.15) is 0 Å². The molecule has 1 N–H and O–H groups in total. The zero-order chi connectivity index (χ0) is 8.81. The average molecular weight is 171 g/mol. The summed E-state index contributed by atoms with van der Waals surface area (Å²) in [4.78, 5) is 2.45. The summed E-state index contributed by atoms with van der Waals surface area (Å²) < 4.78 is 0. The van der Waals surface area contributed by atoms with Crippen molar-refractivity contribution in [1.82, 2.24) is 4.90 Å². The molecule has 12 heavy (non-hydrogen) atoms. The molecule has 1 aliphatic rings. The third-order valence-electron chi connectivity index (χ3n) is 2.84. The summed E-state index contributed by atoms with van der Waals surface area (Å²) in [5.41, 5.74) is 0. The van der Waals surface area contributed by atoms with Crippen LogP contribution in [0.4, 0.5) is 0 Å². The second-order valence-electron chi connectivity index (χ2n) is 3.69. The lowest BCUT2D eigenvalue weighted by molar-refractivity contribution is 0.123. The van der Waals surface area contributed by atoms with Gasteiger partial charge in [-0.25, -0.2) is 0 Å². The Morgan fingerprint density at radius 1 is 1.17 bits per heavy atom. The number of aliphatic hydroxyl groups is 1. The van der Waals surface area contributed by atoms with Crippen molar-refractivity contribution in [3.8, 4) is 0 Å². The molecular formula is C10H21NO. The van der Waals surface area contributed by atoms with Gasteiger partial charge in [-0.15, -0.1) is 0 Å². The number of rotatable bonds is 3. The van der Waals surface area contributed by atoms with Crippen molar-refractivity contribution in [2.45, 2.75) is 45.1 Å². The minimum atomic E-state index is 0.330. The van der Waals surface area contributed by atoms with Crippen molar-refractivity contribution in [2.24, 2.45) is 0 Å². The molecule has 1 atom stereocenters. The highest BCUT2D eigenvalue weighted by Gasteiger charge is 2.16. The molecule has 2 nitrogen and oxygen atoms in total. The lowest BCUT2D eigenvalue weighted by Crippen LogP contribution is -2.38. The molecule has 0 aromatic heterocycles. The van der Waals surface area contributed by atoms with E-state index >= 15 is 0 Å². The maximum absolute atomic E-state index is 9.13. The van der Waals surface area contributed by atoms with Gasteiger partial charge >= 0.3 is 0 Å². The van der Waals surface area contributed by atoms with Crippen molar-refractivity contribution >= 4 is 0 Å². The summed E-state index contributed by atoms with van der Waals surface area (Å²) in [5, 5.41) is 9.13. The highest BCUT2D eigenvalue weighted by atomic mass is 16.3. The predicted molar refractivity (Wildman–Crippen MR) is 51.2 cm³/mol. The molecule has 72 valence electrons. The van der Waals surface area contributed by atoms with Crippen LogP contribution in [0.3, 0.4) is 0 Å². The fourth-order valence-electron chi connectivity index (χ4n) is 1.96. The SMILES string of the molecule is CCC(CO)N1CCCCCC1. The zero-order valence-electron chi connectivity index (χ0n) is 8.13. The van der Waals surface area contributed by atoms with Gasteiger partial charge in [0.15, 0.2) is 0 Å². The molecule has 0 radical (unpaired) electrons. The molecule has 0 saturated carbocycles. The van der Waals surface area contributed by atoms with Crippen molar-refractivity contribution < 1.29 is 5.11 Å². The Morgan fingerprint density at radius 2 is 1.75 bits per heavy atom. The molecular weight excluding hydrogens is 150 g/mol. The van der Waals surface area contributed by atoms with Crippen molar-refractivity contribution in [3.63, 3.8) is 0 Å². The van der Waals surface area contributed by atoms with Gasteiger partial charge in [0, 0.05) is 6.04 Å². The molecule has 0 aliphatic carbocycles. The van der Waals surface area contributed by atoms with E-state index in [9.17, 15) is 0 Å². The van der Waals surface area contributed by atoms with E-state index in [0.29, 0.717) is 12.6 Å². The molecule has 0 aromatic carbocycles. The maximum Gasteiger partial charge on any atom is 0.0586 e. The number of nitrogens with zero attached hydrogens (tertiary/aromatic N) is 1. The Hall–Kier alpha value is -0.0800. The van der Waals surface area contributed by atoms with E-state index in [-0.39, 0.29) is 0 Å². The van der Waals surface area contributed by atoms with Crippen LogP contribution in [0.1, 0.15) is 39.0 Å². The third-order valence-corrected chi connectivity index (χ3v) is 2.84. The van der Waals surface area contributed by atoms with Gasteiger partial charge in [-0.1, -0.05) is 19.8 Å². The van der Waals surface area contributed by atoms with Gasteiger partial charge in [-0.05, 0) is 32.4 Å². The standard InChI is InChI=1S/C10H21NO/c1-2-10(9-12)11-7-5-3-4-6-8-11/h10,12H,2-9H2,1H3. The van der Waals surface area contributed by atoms with Crippen molar-refractivity contribution in [2.75, 3.05) is 19.7 Å². The Balaban J connectivity index is 2.35. The highest BCUT2D eigenvalue weighted by Crippen LogP contribution is 2.13. The quantitative estimate of drug-likeness (QED) is 0.697. The van der Waals surface area contributed by atoms with E-state index in [1.165, 1.54) is 38.8 Å². The molecule has 2 heteroatoms. The van der Waals surface area contributed by atoms with Crippen LogP contribution >= 0.6 is 0 Å². The molecule has 1 aliphatic heterocycles. The Morgan fingerprint density at radius 3 is 2.17 bits per heavy atom. The molecule has 0 bridgehead atoms. The van der Waals surface area contributed by atoms with E-state index in [0.717, 1.165) is 6.42 Å². The van der Waals surface area contributed by atoms with Crippen LogP contribution in [-0.4, -0.2) is 35.7 Å². The molecule has 0 aromatic rings. The van der Waals surface area contributed by atoms with E-state index in [4.69, 9.17) is 5.11 Å². The molecule has 0 spiro atoms. The van der Waals surface area contributed by atoms with Gasteiger partial charge in [0.1, 0.15) is 0 Å². The summed E-state index contributed by atoms with van der Waals surface area (Å²) in [6.45, 7) is 4.88. The predicted octanol–water partition coefficient (Wildman–Crippen LogP) is 1.63. The molecule has 0 amide bonds. The third kappa shape index (κ3) is 2.76. The molecule has 1 rings (SSSR count). The van der Waals surface area contributed by atoms with Crippen LogP contribution in [0, 0.1) is 0 Å². The first-order valence-electron chi connectivity index (χ1n) is 5.23. The van der Waals surface area contributed by atoms with Crippen LogP contribution in [0.2, 0.25) is 0 Å². The van der Waals surface area contributed by atoms with Crippen LogP contribution < -0.4 is 0 Å². The minimum Gasteiger partial charge on any atom is -0.395 e. The smallest absolute Gasteiger partial charge is 0.0586 e. The van der Waals surface area contributed by atoms with Crippen molar-refractivity contribution in [1.29, 1.82) is 0 Å². The van der Waals surface area contributed by atoms with Gasteiger partial charge in [0.2, 0.25) is 0 Å². The molecule has 1 heterocycles. The average Bonchev–Trinajstić information content (AvgIpc) is 2.35. The summed E-state index contributed by atoms with van der Waals surface area (Å²) >= 11 is 0. The number of hydrogen-bond donors (Lipinski definition) is 1. The zero-order valence-corrected chi connectivity index (χ0v) is 8.13. The first-order chi connectivity index (χ1) is 5.88. The largest absolute Gasteiger partial charge is 0.395 e. The Bertz CT molecular complexity index is 104. The van der Waals surface area contributed by atoms with E-state index in [2.05, 4.69) is 11.8 Å². The van der Waals surface area contributed by atoms with Gasteiger partial charge in [-0.3, -0.25) is 4.90 Å². The number of hydrogen-bond acceptors (Lipinski definition) is 2. The van der Waals surface area contributed by atoms with Crippen LogP contribution in [0.25, 0.3) is 0 Å². The summed E-state index contributed by atoms with van der Waals surface area (Å²) in [6.07, 6.45) is 6.46. The topological polar surface area (TPSA) is 23.5 Å². The fourth-order valence-corrected chi connectivity index (χ4v) is 1.96. The normalized spacial score (nSPS) is 23.5. The van der Waals surface area contributed by atoms with Gasteiger partial charge in [0.25, 0.3) is 0 Å². The molecule has 1 unspecified atom stereocenters. The first kappa shape index (κ1) is 10.0. The summed E-state index contributed by atoms with van der Waals surface area (Å²) in [5.74, 6) is 0. The first-order valence-corrected chi connectivity index (χ1v) is 5.23. The molecule has 1 fully saturated rings. The monoisotopic (exact) mass is 171 g/mol. The van der Waals surface area contributed by atoms with Crippen LogP contribution in [0.15, 0.2) is 0 Å². The second kappa shape index (κ2) is 5.55. The van der Waals surface area contributed by atoms with Crippen LogP contribution in [-0.2, 0) is 0 Å².